The number of amides is 1. The van der Waals surface area contributed by atoms with E-state index in [1.54, 1.807) is 4.90 Å². The van der Waals surface area contributed by atoms with Crippen LogP contribution in [-0.2, 0) is 14.8 Å². The van der Waals surface area contributed by atoms with Crippen LogP contribution < -0.4 is 0 Å². The molecule has 1 fully saturated rings. The number of hydrogen-bond donors (Lipinski definition) is 0. The number of sulfonamides is 1. The summed E-state index contributed by atoms with van der Waals surface area (Å²) >= 11 is 6.15. The Bertz CT molecular complexity index is 704. The van der Waals surface area contributed by atoms with E-state index in [0.717, 1.165) is 17.1 Å². The lowest BCUT2D eigenvalue weighted by Crippen LogP contribution is -2.43. The van der Waals surface area contributed by atoms with Crippen molar-refractivity contribution in [1.82, 2.24) is 9.21 Å². The number of piperidine rings is 1. The molecule has 0 radical (unpaired) electrons. The molecule has 0 aliphatic carbocycles. The molecule has 2 rings (SSSR count). The van der Waals surface area contributed by atoms with E-state index in [9.17, 15) is 13.2 Å². The number of carbonyl (C=O) groups is 1. The average Bonchev–Trinajstić information content (AvgIpc) is 2.55. The summed E-state index contributed by atoms with van der Waals surface area (Å²) in [6, 6.07) is 4.22. The van der Waals surface area contributed by atoms with Crippen LogP contribution in [0.1, 0.15) is 30.1 Å². The molecule has 0 N–H and O–H groups in total. The van der Waals surface area contributed by atoms with Crippen molar-refractivity contribution in [3.05, 3.63) is 28.8 Å². The summed E-state index contributed by atoms with van der Waals surface area (Å²) in [4.78, 5) is 14.5. The number of benzene rings is 1. The van der Waals surface area contributed by atoms with Crippen LogP contribution in [0.5, 0.6) is 0 Å². The Morgan fingerprint density at radius 1 is 1.42 bits per heavy atom. The van der Waals surface area contributed by atoms with Gasteiger partial charge in [-0.2, -0.15) is 0 Å². The summed E-state index contributed by atoms with van der Waals surface area (Å²) in [5.74, 6) is -0.264. The summed E-state index contributed by atoms with van der Waals surface area (Å²) < 4.78 is 31.3. The number of likely N-dealkylation sites (tertiary alicyclic amines) is 1. The minimum atomic E-state index is -3.62. The van der Waals surface area contributed by atoms with Crippen LogP contribution >= 0.6 is 11.6 Å². The van der Waals surface area contributed by atoms with E-state index in [4.69, 9.17) is 16.3 Å². The van der Waals surface area contributed by atoms with E-state index < -0.39 is 10.0 Å². The molecular weight excluding hydrogens is 352 g/mol. The van der Waals surface area contributed by atoms with Crippen molar-refractivity contribution in [3.63, 3.8) is 0 Å². The van der Waals surface area contributed by atoms with Gasteiger partial charge in [0.15, 0.2) is 0 Å². The van der Waals surface area contributed by atoms with E-state index in [0.29, 0.717) is 19.7 Å². The molecule has 1 heterocycles. The van der Waals surface area contributed by atoms with Gasteiger partial charge in [0.05, 0.1) is 21.6 Å². The van der Waals surface area contributed by atoms with E-state index >= 15 is 0 Å². The van der Waals surface area contributed by atoms with Crippen molar-refractivity contribution in [2.75, 3.05) is 33.8 Å². The zero-order valence-corrected chi connectivity index (χ0v) is 15.7. The highest BCUT2D eigenvalue weighted by molar-refractivity contribution is 7.89. The molecule has 0 bridgehead atoms. The lowest BCUT2D eigenvalue weighted by Gasteiger charge is -2.32. The maximum Gasteiger partial charge on any atom is 0.255 e. The number of halogens is 1. The van der Waals surface area contributed by atoms with Crippen LogP contribution in [0.15, 0.2) is 23.1 Å². The molecule has 134 valence electrons. The molecule has 1 aliphatic rings. The predicted molar refractivity (Wildman–Crippen MR) is 92.9 cm³/mol. The van der Waals surface area contributed by atoms with Gasteiger partial charge in [-0.05, 0) is 38.0 Å². The van der Waals surface area contributed by atoms with Crippen molar-refractivity contribution in [1.29, 1.82) is 0 Å². The summed E-state index contributed by atoms with van der Waals surface area (Å²) in [7, 11) is -0.726. The molecule has 1 atom stereocenters. The maximum atomic E-state index is 12.8. The lowest BCUT2D eigenvalue weighted by molar-refractivity contribution is 0.00724. The topological polar surface area (TPSA) is 66.9 Å². The number of carbonyl (C=O) groups excluding carboxylic acids is 1. The summed E-state index contributed by atoms with van der Waals surface area (Å²) in [6.45, 7) is 3.63. The van der Waals surface area contributed by atoms with Gasteiger partial charge >= 0.3 is 0 Å². The van der Waals surface area contributed by atoms with Crippen molar-refractivity contribution >= 4 is 27.5 Å². The second-order valence-corrected chi connectivity index (χ2v) is 8.46. The molecular formula is C16H23ClN2O4S. The van der Waals surface area contributed by atoms with Crippen LogP contribution in [0.25, 0.3) is 0 Å². The quantitative estimate of drug-likeness (QED) is 0.792. The third-order valence-corrected chi connectivity index (χ3v) is 6.16. The van der Waals surface area contributed by atoms with E-state index in [-0.39, 0.29) is 27.5 Å². The van der Waals surface area contributed by atoms with Gasteiger partial charge in [0.2, 0.25) is 10.0 Å². The van der Waals surface area contributed by atoms with Crippen LogP contribution in [0.3, 0.4) is 0 Å². The van der Waals surface area contributed by atoms with Crippen LogP contribution in [0.2, 0.25) is 5.02 Å². The highest BCUT2D eigenvalue weighted by atomic mass is 35.5. The second-order valence-electron chi connectivity index (χ2n) is 5.90. The Hall–Kier alpha value is -1.15. The van der Waals surface area contributed by atoms with Crippen molar-refractivity contribution < 1.29 is 17.9 Å². The van der Waals surface area contributed by atoms with Crippen LogP contribution in [0.4, 0.5) is 0 Å². The largest absolute Gasteiger partial charge is 0.377 e. The Morgan fingerprint density at radius 2 is 2.12 bits per heavy atom. The fourth-order valence-electron chi connectivity index (χ4n) is 2.70. The van der Waals surface area contributed by atoms with Crippen molar-refractivity contribution in [2.45, 2.75) is 30.8 Å². The minimum absolute atomic E-state index is 0.0140. The lowest BCUT2D eigenvalue weighted by atomic mass is 10.1. The first kappa shape index (κ1) is 19.2. The molecule has 0 saturated carbocycles. The normalized spacial score (nSPS) is 18.9. The summed E-state index contributed by atoms with van der Waals surface area (Å²) in [5.41, 5.74) is 0.205. The number of rotatable bonds is 5. The number of ether oxygens (including phenoxy) is 1. The molecule has 1 aromatic rings. The van der Waals surface area contributed by atoms with Gasteiger partial charge in [-0.15, -0.1) is 0 Å². The van der Waals surface area contributed by atoms with E-state index in [1.165, 1.54) is 32.3 Å². The van der Waals surface area contributed by atoms with Gasteiger partial charge in [0, 0.05) is 33.8 Å². The van der Waals surface area contributed by atoms with Gasteiger partial charge in [-0.1, -0.05) is 11.6 Å². The van der Waals surface area contributed by atoms with Gasteiger partial charge in [-0.25, -0.2) is 12.7 Å². The first-order chi connectivity index (χ1) is 11.3. The van der Waals surface area contributed by atoms with E-state index in [2.05, 4.69) is 0 Å². The summed E-state index contributed by atoms with van der Waals surface area (Å²) in [5, 5.41) is 0.247. The third-order valence-electron chi connectivity index (χ3n) is 4.01. The zero-order valence-electron chi connectivity index (χ0n) is 14.2. The highest BCUT2D eigenvalue weighted by Gasteiger charge is 2.27. The monoisotopic (exact) mass is 374 g/mol. The fraction of sp³-hybridized carbons (Fsp3) is 0.562. The molecule has 1 unspecified atom stereocenters. The van der Waals surface area contributed by atoms with Crippen molar-refractivity contribution in [3.8, 4) is 0 Å². The molecule has 0 aromatic heterocycles. The number of hydrogen-bond acceptors (Lipinski definition) is 4. The van der Waals surface area contributed by atoms with E-state index in [1.807, 2.05) is 6.92 Å². The first-order valence-corrected chi connectivity index (χ1v) is 9.72. The maximum absolute atomic E-state index is 12.8. The standard InChI is InChI=1S/C16H23ClN2O4S/c1-4-23-12-6-5-9-19(11-12)16(20)14-10-13(7-8-15(14)17)24(21,22)18(2)3/h7-8,10,12H,4-6,9,11H2,1-3H3. The molecule has 1 aromatic carbocycles. The number of nitrogens with zero attached hydrogens (tertiary/aromatic N) is 2. The minimum Gasteiger partial charge on any atom is -0.377 e. The smallest absolute Gasteiger partial charge is 0.255 e. The van der Waals surface area contributed by atoms with Gasteiger partial charge in [0.1, 0.15) is 0 Å². The zero-order chi connectivity index (χ0) is 17.9. The molecule has 1 aliphatic heterocycles. The SMILES string of the molecule is CCOC1CCCN(C(=O)c2cc(S(=O)(=O)N(C)C)ccc2Cl)C1. The van der Waals surface area contributed by atoms with Crippen molar-refractivity contribution in [2.24, 2.45) is 0 Å². The Morgan fingerprint density at radius 3 is 2.75 bits per heavy atom. The van der Waals surface area contributed by atoms with Crippen LogP contribution in [-0.4, -0.2) is 63.4 Å². The first-order valence-electron chi connectivity index (χ1n) is 7.90. The predicted octanol–water partition coefficient (Wildman–Crippen LogP) is 2.23. The van der Waals surface area contributed by atoms with Gasteiger partial charge in [-0.3, -0.25) is 4.79 Å². The Kier molecular flexibility index (Phi) is 6.25. The Labute approximate surface area is 148 Å². The molecule has 6 nitrogen and oxygen atoms in total. The highest BCUT2D eigenvalue weighted by Crippen LogP contribution is 2.25. The average molecular weight is 375 g/mol. The fourth-order valence-corrected chi connectivity index (χ4v) is 3.83. The molecule has 1 amide bonds. The molecule has 24 heavy (non-hydrogen) atoms. The second kappa shape index (κ2) is 7.82. The van der Waals surface area contributed by atoms with Crippen LogP contribution in [0, 0.1) is 0 Å². The van der Waals surface area contributed by atoms with Gasteiger partial charge < -0.3 is 9.64 Å². The molecule has 1 saturated heterocycles. The summed E-state index contributed by atoms with van der Waals surface area (Å²) in [6.07, 6.45) is 1.78. The third kappa shape index (κ3) is 4.08. The molecule has 0 spiro atoms. The molecule has 8 heteroatoms. The Balaban J connectivity index is 2.29. The van der Waals surface area contributed by atoms with Gasteiger partial charge in [0.25, 0.3) is 5.91 Å².